The standard InChI is InChI=1S/C19H24N2O4S/c1-23-15-4-2-5-16(12-15)25-14-19(22)20-13-17(18-6-3-11-26-18)21-7-9-24-10-8-21/h2-6,11-12,17H,7-10,13-14H2,1H3,(H,20,22)/t17-/m0/s1. The molecule has 7 heteroatoms. The van der Waals surface area contributed by atoms with E-state index in [2.05, 4.69) is 21.7 Å². The maximum Gasteiger partial charge on any atom is 0.258 e. The molecule has 0 saturated carbocycles. The highest BCUT2D eigenvalue weighted by Crippen LogP contribution is 2.25. The summed E-state index contributed by atoms with van der Waals surface area (Å²) in [6.07, 6.45) is 0. The molecule has 26 heavy (non-hydrogen) atoms. The summed E-state index contributed by atoms with van der Waals surface area (Å²) in [5.41, 5.74) is 0. The molecule has 2 aromatic rings. The van der Waals surface area contributed by atoms with Crippen LogP contribution in [0.2, 0.25) is 0 Å². The van der Waals surface area contributed by atoms with Crippen molar-refractivity contribution in [1.82, 2.24) is 10.2 Å². The van der Waals surface area contributed by atoms with Gasteiger partial charge in [0.15, 0.2) is 6.61 Å². The molecule has 1 aromatic heterocycles. The number of ether oxygens (including phenoxy) is 3. The minimum Gasteiger partial charge on any atom is -0.497 e. The molecule has 0 spiro atoms. The lowest BCUT2D eigenvalue weighted by atomic mass is 10.2. The molecule has 0 bridgehead atoms. The Morgan fingerprint density at radius 3 is 2.81 bits per heavy atom. The maximum absolute atomic E-state index is 12.2. The molecule has 3 rings (SSSR count). The Hall–Kier alpha value is -2.09. The number of hydrogen-bond acceptors (Lipinski definition) is 6. The highest BCUT2D eigenvalue weighted by Gasteiger charge is 2.23. The fraction of sp³-hybridized carbons (Fsp3) is 0.421. The largest absolute Gasteiger partial charge is 0.497 e. The average Bonchev–Trinajstić information content (AvgIpc) is 3.22. The fourth-order valence-corrected chi connectivity index (χ4v) is 3.74. The molecule has 6 nitrogen and oxygen atoms in total. The van der Waals surface area contributed by atoms with E-state index < -0.39 is 0 Å². The van der Waals surface area contributed by atoms with E-state index in [1.807, 2.05) is 18.2 Å². The number of benzene rings is 1. The van der Waals surface area contributed by atoms with Crippen LogP contribution in [0.3, 0.4) is 0 Å². The van der Waals surface area contributed by atoms with Gasteiger partial charge in [0.05, 0.1) is 26.4 Å². The van der Waals surface area contributed by atoms with Crippen LogP contribution in [0.5, 0.6) is 11.5 Å². The van der Waals surface area contributed by atoms with Crippen molar-refractivity contribution < 1.29 is 19.0 Å². The van der Waals surface area contributed by atoms with Crippen LogP contribution in [-0.2, 0) is 9.53 Å². The average molecular weight is 376 g/mol. The molecular weight excluding hydrogens is 352 g/mol. The summed E-state index contributed by atoms with van der Waals surface area (Å²) in [6, 6.07) is 11.6. The topological polar surface area (TPSA) is 60.0 Å². The third kappa shape index (κ3) is 5.20. The molecule has 1 saturated heterocycles. The molecule has 1 amide bonds. The van der Waals surface area contributed by atoms with Crippen molar-refractivity contribution in [3.05, 3.63) is 46.7 Å². The molecule has 0 aliphatic carbocycles. The summed E-state index contributed by atoms with van der Waals surface area (Å²) in [7, 11) is 1.60. The molecule has 2 heterocycles. The quantitative estimate of drug-likeness (QED) is 0.766. The van der Waals surface area contributed by atoms with E-state index in [-0.39, 0.29) is 18.6 Å². The first-order valence-electron chi connectivity index (χ1n) is 8.65. The van der Waals surface area contributed by atoms with Crippen LogP contribution in [0.4, 0.5) is 0 Å². The molecule has 1 aromatic carbocycles. The molecule has 1 aliphatic rings. The minimum atomic E-state index is -0.136. The summed E-state index contributed by atoms with van der Waals surface area (Å²) >= 11 is 1.71. The normalized spacial score (nSPS) is 16.0. The van der Waals surface area contributed by atoms with E-state index >= 15 is 0 Å². The van der Waals surface area contributed by atoms with Gasteiger partial charge in [-0.2, -0.15) is 0 Å². The summed E-state index contributed by atoms with van der Waals surface area (Å²) < 4.78 is 16.2. The number of methoxy groups -OCH3 is 1. The lowest BCUT2D eigenvalue weighted by Crippen LogP contribution is -2.44. The number of hydrogen-bond donors (Lipinski definition) is 1. The maximum atomic E-state index is 12.2. The first-order chi connectivity index (χ1) is 12.8. The number of morpholine rings is 1. The van der Waals surface area contributed by atoms with Gasteiger partial charge in [0, 0.05) is 30.6 Å². The van der Waals surface area contributed by atoms with Crippen molar-refractivity contribution in [2.45, 2.75) is 6.04 Å². The number of nitrogens with zero attached hydrogens (tertiary/aromatic N) is 1. The zero-order chi connectivity index (χ0) is 18.2. The first-order valence-corrected chi connectivity index (χ1v) is 9.53. The van der Waals surface area contributed by atoms with Gasteiger partial charge in [-0.1, -0.05) is 12.1 Å². The summed E-state index contributed by atoms with van der Waals surface area (Å²) in [5.74, 6) is 1.18. The van der Waals surface area contributed by atoms with E-state index in [9.17, 15) is 4.79 Å². The van der Waals surface area contributed by atoms with Crippen LogP contribution < -0.4 is 14.8 Å². The van der Waals surface area contributed by atoms with E-state index in [0.29, 0.717) is 18.0 Å². The molecule has 140 valence electrons. The zero-order valence-corrected chi connectivity index (χ0v) is 15.7. The molecule has 1 atom stereocenters. The fourth-order valence-electron chi connectivity index (χ4n) is 2.88. The van der Waals surface area contributed by atoms with Crippen molar-refractivity contribution in [2.24, 2.45) is 0 Å². The van der Waals surface area contributed by atoms with Crippen LogP contribution in [0.25, 0.3) is 0 Å². The minimum absolute atomic E-state index is 0.0204. The van der Waals surface area contributed by atoms with Gasteiger partial charge in [0.1, 0.15) is 11.5 Å². The van der Waals surface area contributed by atoms with Gasteiger partial charge in [0.2, 0.25) is 0 Å². The summed E-state index contributed by atoms with van der Waals surface area (Å²) in [5, 5.41) is 5.06. The third-order valence-corrected chi connectivity index (χ3v) is 5.24. The second-order valence-electron chi connectivity index (χ2n) is 5.95. The summed E-state index contributed by atoms with van der Waals surface area (Å²) in [4.78, 5) is 15.8. The van der Waals surface area contributed by atoms with E-state index in [0.717, 1.165) is 26.3 Å². The molecule has 1 N–H and O–H groups in total. The second kappa shape index (κ2) is 9.56. The molecular formula is C19H24N2O4S. The first kappa shape index (κ1) is 18.7. The number of thiophene rings is 1. The van der Waals surface area contributed by atoms with Crippen molar-refractivity contribution in [3.8, 4) is 11.5 Å². The number of rotatable bonds is 8. The van der Waals surface area contributed by atoms with Gasteiger partial charge in [-0.05, 0) is 23.6 Å². The SMILES string of the molecule is COc1cccc(OCC(=O)NC[C@@H](c2cccs2)N2CCOCC2)c1. The third-order valence-electron chi connectivity index (χ3n) is 4.26. The van der Waals surface area contributed by atoms with Crippen LogP contribution >= 0.6 is 11.3 Å². The molecule has 0 radical (unpaired) electrons. The van der Waals surface area contributed by atoms with Gasteiger partial charge in [-0.15, -0.1) is 11.3 Å². The number of amides is 1. The molecule has 1 aliphatic heterocycles. The number of nitrogens with one attached hydrogen (secondary N) is 1. The number of carbonyl (C=O) groups excluding carboxylic acids is 1. The van der Waals surface area contributed by atoms with Crippen LogP contribution in [-0.4, -0.2) is 57.4 Å². The smallest absolute Gasteiger partial charge is 0.258 e. The summed E-state index contributed by atoms with van der Waals surface area (Å²) in [6.45, 7) is 3.75. The Morgan fingerprint density at radius 1 is 1.27 bits per heavy atom. The Morgan fingerprint density at radius 2 is 2.08 bits per heavy atom. The predicted molar refractivity (Wildman–Crippen MR) is 101 cm³/mol. The predicted octanol–water partition coefficient (Wildman–Crippen LogP) is 2.33. The van der Waals surface area contributed by atoms with Gasteiger partial charge >= 0.3 is 0 Å². The van der Waals surface area contributed by atoms with Gasteiger partial charge in [0.25, 0.3) is 5.91 Å². The number of carbonyl (C=O) groups is 1. The van der Waals surface area contributed by atoms with Crippen molar-refractivity contribution >= 4 is 17.2 Å². The second-order valence-corrected chi connectivity index (χ2v) is 6.93. The highest BCUT2D eigenvalue weighted by molar-refractivity contribution is 7.10. The van der Waals surface area contributed by atoms with Gasteiger partial charge in [-0.25, -0.2) is 0 Å². The molecule has 1 fully saturated rings. The van der Waals surface area contributed by atoms with Crippen molar-refractivity contribution in [2.75, 3.05) is 46.6 Å². The van der Waals surface area contributed by atoms with E-state index in [4.69, 9.17) is 14.2 Å². The van der Waals surface area contributed by atoms with Gasteiger partial charge < -0.3 is 19.5 Å². The van der Waals surface area contributed by atoms with E-state index in [1.165, 1.54) is 4.88 Å². The monoisotopic (exact) mass is 376 g/mol. The Labute approximate surface area is 157 Å². The van der Waals surface area contributed by atoms with Crippen LogP contribution in [0.1, 0.15) is 10.9 Å². The van der Waals surface area contributed by atoms with Crippen molar-refractivity contribution in [3.63, 3.8) is 0 Å². The van der Waals surface area contributed by atoms with Crippen molar-refractivity contribution in [1.29, 1.82) is 0 Å². The Kier molecular flexibility index (Phi) is 6.88. The van der Waals surface area contributed by atoms with Crippen LogP contribution in [0, 0.1) is 0 Å². The lowest BCUT2D eigenvalue weighted by Gasteiger charge is -2.34. The highest BCUT2D eigenvalue weighted by atomic mass is 32.1. The van der Waals surface area contributed by atoms with E-state index in [1.54, 1.807) is 30.6 Å². The lowest BCUT2D eigenvalue weighted by molar-refractivity contribution is -0.123. The Bertz CT molecular complexity index is 687. The van der Waals surface area contributed by atoms with Gasteiger partial charge in [-0.3, -0.25) is 9.69 Å². The molecule has 0 unspecified atom stereocenters. The zero-order valence-electron chi connectivity index (χ0n) is 14.8. The van der Waals surface area contributed by atoms with Crippen LogP contribution in [0.15, 0.2) is 41.8 Å². The Balaban J connectivity index is 1.52.